The SMILES string of the molecule is CN(c1ccc(C#N)cc1)c1ccccc1[N+](=O)[O-]. The van der Waals surface area contributed by atoms with E-state index >= 15 is 0 Å². The van der Waals surface area contributed by atoms with E-state index in [0.29, 0.717) is 11.3 Å². The highest BCUT2D eigenvalue weighted by molar-refractivity contribution is 5.71. The number of benzene rings is 2. The zero-order valence-corrected chi connectivity index (χ0v) is 10.3. The number of nitriles is 1. The highest BCUT2D eigenvalue weighted by atomic mass is 16.6. The van der Waals surface area contributed by atoms with Crippen LogP contribution in [0.15, 0.2) is 48.5 Å². The number of para-hydroxylation sites is 2. The van der Waals surface area contributed by atoms with Crippen molar-refractivity contribution >= 4 is 17.1 Å². The molecule has 0 unspecified atom stereocenters. The molecule has 0 amide bonds. The molecule has 0 aliphatic heterocycles. The van der Waals surface area contributed by atoms with E-state index in [4.69, 9.17) is 5.26 Å². The van der Waals surface area contributed by atoms with Crippen molar-refractivity contribution in [2.75, 3.05) is 11.9 Å². The van der Waals surface area contributed by atoms with E-state index in [0.717, 1.165) is 5.69 Å². The maximum absolute atomic E-state index is 11.0. The van der Waals surface area contributed by atoms with Gasteiger partial charge in [-0.1, -0.05) is 12.1 Å². The summed E-state index contributed by atoms with van der Waals surface area (Å²) in [6.45, 7) is 0. The summed E-state index contributed by atoms with van der Waals surface area (Å²) in [6, 6.07) is 15.5. The molecule has 5 nitrogen and oxygen atoms in total. The summed E-state index contributed by atoms with van der Waals surface area (Å²) in [5.41, 5.74) is 1.90. The van der Waals surface area contributed by atoms with Gasteiger partial charge in [-0.15, -0.1) is 0 Å². The minimum absolute atomic E-state index is 0.0503. The molecule has 0 N–H and O–H groups in total. The molecule has 0 saturated carbocycles. The molecule has 94 valence electrons. The molecule has 0 saturated heterocycles. The van der Waals surface area contributed by atoms with Gasteiger partial charge >= 0.3 is 0 Å². The predicted octanol–water partition coefficient (Wildman–Crippen LogP) is 3.23. The molecule has 2 rings (SSSR count). The summed E-state index contributed by atoms with van der Waals surface area (Å²) < 4.78 is 0. The number of nitro benzene ring substituents is 1. The molecule has 2 aromatic carbocycles. The molecule has 0 heterocycles. The predicted molar refractivity (Wildman–Crippen MR) is 72.3 cm³/mol. The number of nitro groups is 1. The Morgan fingerprint density at radius 2 is 1.79 bits per heavy atom. The highest BCUT2D eigenvalue weighted by Crippen LogP contribution is 2.31. The summed E-state index contributed by atoms with van der Waals surface area (Å²) in [4.78, 5) is 12.3. The van der Waals surface area contributed by atoms with Crippen molar-refractivity contribution in [1.29, 1.82) is 5.26 Å². The summed E-state index contributed by atoms with van der Waals surface area (Å²) in [5.74, 6) is 0. The van der Waals surface area contributed by atoms with Crippen molar-refractivity contribution in [1.82, 2.24) is 0 Å². The lowest BCUT2D eigenvalue weighted by atomic mass is 10.2. The van der Waals surface area contributed by atoms with Gasteiger partial charge in [0.2, 0.25) is 0 Å². The van der Waals surface area contributed by atoms with Crippen molar-refractivity contribution in [2.24, 2.45) is 0 Å². The fourth-order valence-corrected chi connectivity index (χ4v) is 1.80. The van der Waals surface area contributed by atoms with E-state index in [1.807, 2.05) is 6.07 Å². The number of rotatable bonds is 3. The van der Waals surface area contributed by atoms with Gasteiger partial charge in [0, 0.05) is 18.8 Å². The van der Waals surface area contributed by atoms with Crippen LogP contribution in [-0.2, 0) is 0 Å². The van der Waals surface area contributed by atoms with Crippen LogP contribution in [0.2, 0.25) is 0 Å². The Kier molecular flexibility index (Phi) is 3.44. The molecule has 0 aliphatic carbocycles. The molecule has 2 aromatic rings. The molecule has 5 heteroatoms. The van der Waals surface area contributed by atoms with E-state index in [1.54, 1.807) is 54.4 Å². The van der Waals surface area contributed by atoms with Crippen LogP contribution in [0, 0.1) is 21.4 Å². The topological polar surface area (TPSA) is 70.2 Å². The fourth-order valence-electron chi connectivity index (χ4n) is 1.80. The Hall–Kier alpha value is -2.87. The van der Waals surface area contributed by atoms with Crippen LogP contribution in [0.4, 0.5) is 17.1 Å². The van der Waals surface area contributed by atoms with Gasteiger partial charge in [-0.2, -0.15) is 5.26 Å². The van der Waals surface area contributed by atoms with E-state index in [1.165, 1.54) is 6.07 Å². The first-order chi connectivity index (χ1) is 9.13. The van der Waals surface area contributed by atoms with Crippen molar-refractivity contribution in [3.8, 4) is 6.07 Å². The quantitative estimate of drug-likeness (QED) is 0.622. The normalized spacial score (nSPS) is 9.68. The van der Waals surface area contributed by atoms with Crippen LogP contribution in [0.5, 0.6) is 0 Å². The van der Waals surface area contributed by atoms with Gasteiger partial charge in [-0.25, -0.2) is 0 Å². The molecule has 0 bridgehead atoms. The summed E-state index contributed by atoms with van der Waals surface area (Å²) in [7, 11) is 1.75. The van der Waals surface area contributed by atoms with Crippen molar-refractivity contribution in [3.05, 3.63) is 64.2 Å². The third-order valence-electron chi connectivity index (χ3n) is 2.82. The molecule has 19 heavy (non-hydrogen) atoms. The maximum Gasteiger partial charge on any atom is 0.292 e. The van der Waals surface area contributed by atoms with E-state index in [-0.39, 0.29) is 5.69 Å². The first-order valence-corrected chi connectivity index (χ1v) is 5.61. The van der Waals surface area contributed by atoms with Gasteiger partial charge in [0.15, 0.2) is 0 Å². The average molecular weight is 253 g/mol. The lowest BCUT2D eigenvalue weighted by Crippen LogP contribution is -2.11. The van der Waals surface area contributed by atoms with Gasteiger partial charge in [0.25, 0.3) is 5.69 Å². The minimum Gasteiger partial charge on any atom is -0.339 e. The average Bonchev–Trinajstić information content (AvgIpc) is 2.46. The number of nitrogens with zero attached hydrogens (tertiary/aromatic N) is 3. The van der Waals surface area contributed by atoms with Crippen LogP contribution in [0.25, 0.3) is 0 Å². The number of hydrogen-bond acceptors (Lipinski definition) is 4. The van der Waals surface area contributed by atoms with Gasteiger partial charge in [0.05, 0.1) is 16.6 Å². The highest BCUT2D eigenvalue weighted by Gasteiger charge is 2.16. The first-order valence-electron chi connectivity index (χ1n) is 5.61. The smallest absolute Gasteiger partial charge is 0.292 e. The molecule has 0 spiro atoms. The Morgan fingerprint density at radius 1 is 1.16 bits per heavy atom. The van der Waals surface area contributed by atoms with Crippen molar-refractivity contribution in [3.63, 3.8) is 0 Å². The van der Waals surface area contributed by atoms with Crippen LogP contribution in [0.1, 0.15) is 5.56 Å². The Bertz CT molecular complexity index is 644. The van der Waals surface area contributed by atoms with E-state index in [9.17, 15) is 10.1 Å². The third kappa shape index (κ3) is 2.53. The Balaban J connectivity index is 2.41. The molecule has 0 aromatic heterocycles. The standard InChI is InChI=1S/C14H11N3O2/c1-16(12-8-6-11(10-15)7-9-12)13-4-2-3-5-14(13)17(18)19/h2-9H,1H3. The molecule has 0 radical (unpaired) electrons. The second-order valence-corrected chi connectivity index (χ2v) is 3.96. The van der Waals surface area contributed by atoms with Gasteiger partial charge < -0.3 is 4.90 Å². The van der Waals surface area contributed by atoms with E-state index in [2.05, 4.69) is 0 Å². The molecule has 0 atom stereocenters. The monoisotopic (exact) mass is 253 g/mol. The first kappa shape index (κ1) is 12.6. The van der Waals surface area contributed by atoms with Crippen LogP contribution >= 0.6 is 0 Å². The minimum atomic E-state index is -0.407. The van der Waals surface area contributed by atoms with Crippen LogP contribution in [0.3, 0.4) is 0 Å². The Morgan fingerprint density at radius 3 is 2.37 bits per heavy atom. The lowest BCUT2D eigenvalue weighted by Gasteiger charge is -2.19. The zero-order valence-electron chi connectivity index (χ0n) is 10.3. The number of hydrogen-bond donors (Lipinski definition) is 0. The fraction of sp³-hybridized carbons (Fsp3) is 0.0714. The van der Waals surface area contributed by atoms with Gasteiger partial charge in [-0.05, 0) is 30.3 Å². The lowest BCUT2D eigenvalue weighted by molar-refractivity contribution is -0.384. The van der Waals surface area contributed by atoms with Crippen LogP contribution in [-0.4, -0.2) is 12.0 Å². The van der Waals surface area contributed by atoms with Gasteiger partial charge in [0.1, 0.15) is 5.69 Å². The van der Waals surface area contributed by atoms with Gasteiger partial charge in [-0.3, -0.25) is 10.1 Å². The molecule has 0 aliphatic rings. The summed E-state index contributed by atoms with van der Waals surface area (Å²) in [6.07, 6.45) is 0. The molecular formula is C14H11N3O2. The molecule has 0 fully saturated rings. The molecular weight excluding hydrogens is 242 g/mol. The number of anilines is 2. The van der Waals surface area contributed by atoms with Crippen molar-refractivity contribution < 1.29 is 4.92 Å². The maximum atomic E-state index is 11.0. The summed E-state index contributed by atoms with van der Waals surface area (Å²) in [5, 5.41) is 19.7. The second-order valence-electron chi connectivity index (χ2n) is 3.96. The third-order valence-corrected chi connectivity index (χ3v) is 2.82. The van der Waals surface area contributed by atoms with Crippen LogP contribution < -0.4 is 4.90 Å². The largest absolute Gasteiger partial charge is 0.339 e. The Labute approximate surface area is 110 Å². The van der Waals surface area contributed by atoms with Crippen molar-refractivity contribution in [2.45, 2.75) is 0 Å². The summed E-state index contributed by atoms with van der Waals surface area (Å²) >= 11 is 0. The second kappa shape index (κ2) is 5.19. The van der Waals surface area contributed by atoms with E-state index < -0.39 is 4.92 Å². The zero-order chi connectivity index (χ0) is 13.8.